The van der Waals surface area contributed by atoms with Crippen molar-refractivity contribution in [2.75, 3.05) is 40.0 Å². The fourth-order valence-electron chi connectivity index (χ4n) is 3.69. The number of rotatable bonds is 15. The first-order chi connectivity index (χ1) is 16.7. The van der Waals surface area contributed by atoms with Gasteiger partial charge in [0.25, 0.3) is 0 Å². The van der Waals surface area contributed by atoms with Crippen molar-refractivity contribution < 1.29 is 19.0 Å². The smallest absolute Gasteiger partial charge is 0.240 e. The average molecular weight is 468 g/mol. The number of nitrogens with one attached hydrogen (secondary N) is 2. The van der Waals surface area contributed by atoms with Crippen molar-refractivity contribution in [2.24, 2.45) is 5.10 Å². The molecule has 0 fully saturated rings. The highest BCUT2D eigenvalue weighted by Gasteiger charge is 2.14. The molecule has 0 bridgehead atoms. The molecule has 2 N–H and O–H groups in total. The molecule has 7 nitrogen and oxygen atoms in total. The number of benzene rings is 2. The molecule has 1 aliphatic rings. The first kappa shape index (κ1) is 25.7. The van der Waals surface area contributed by atoms with Crippen LogP contribution in [0.15, 0.2) is 47.6 Å². The summed E-state index contributed by atoms with van der Waals surface area (Å²) in [5, 5.41) is 7.63. The van der Waals surface area contributed by atoms with Crippen molar-refractivity contribution in [1.82, 2.24) is 10.7 Å². The van der Waals surface area contributed by atoms with E-state index in [2.05, 4.69) is 34.0 Å². The second-order valence-electron chi connectivity index (χ2n) is 8.47. The maximum atomic E-state index is 11.3. The lowest BCUT2D eigenvalue weighted by Crippen LogP contribution is -2.25. The Balaban J connectivity index is 1.21. The number of carbonyl (C=O) groups is 1. The largest absolute Gasteiger partial charge is 0.494 e. The van der Waals surface area contributed by atoms with Gasteiger partial charge in [-0.1, -0.05) is 12.1 Å². The molecular formula is C27H37N3O4. The van der Waals surface area contributed by atoms with E-state index in [4.69, 9.17) is 14.2 Å². The highest BCUT2D eigenvalue weighted by atomic mass is 16.5. The number of hydrogen-bond acceptors (Lipinski definition) is 6. The van der Waals surface area contributed by atoms with Gasteiger partial charge in [0.1, 0.15) is 11.5 Å². The van der Waals surface area contributed by atoms with E-state index in [-0.39, 0.29) is 5.91 Å². The van der Waals surface area contributed by atoms with Gasteiger partial charge in [-0.2, -0.15) is 5.10 Å². The molecule has 1 aliphatic heterocycles. The van der Waals surface area contributed by atoms with Crippen LogP contribution in [0.4, 0.5) is 0 Å². The van der Waals surface area contributed by atoms with Crippen LogP contribution in [0.5, 0.6) is 11.5 Å². The Morgan fingerprint density at radius 2 is 1.74 bits per heavy atom. The van der Waals surface area contributed by atoms with Crippen molar-refractivity contribution in [3.63, 3.8) is 0 Å². The number of ether oxygens (including phenoxy) is 3. The number of unbranched alkanes of at least 4 members (excludes halogenated alkanes) is 1. The molecule has 1 amide bonds. The molecule has 0 aromatic heterocycles. The predicted octanol–water partition coefficient (Wildman–Crippen LogP) is 4.02. The molecule has 0 saturated heterocycles. The monoisotopic (exact) mass is 467 g/mol. The van der Waals surface area contributed by atoms with Crippen molar-refractivity contribution >= 4 is 11.6 Å². The molecule has 184 valence electrons. The molecule has 2 aromatic rings. The van der Waals surface area contributed by atoms with Gasteiger partial charge in [0, 0.05) is 20.0 Å². The topological polar surface area (TPSA) is 81.2 Å². The summed E-state index contributed by atoms with van der Waals surface area (Å²) in [6.45, 7) is 6.10. The quantitative estimate of drug-likeness (QED) is 0.387. The van der Waals surface area contributed by atoms with Crippen LogP contribution in [0, 0.1) is 6.92 Å². The normalized spacial score (nSPS) is 13.4. The van der Waals surface area contributed by atoms with Crippen LogP contribution < -0.4 is 20.2 Å². The lowest BCUT2D eigenvalue weighted by atomic mass is 10.0. The molecule has 0 spiro atoms. The Bertz CT molecular complexity index is 928. The van der Waals surface area contributed by atoms with E-state index in [1.54, 1.807) is 7.11 Å². The zero-order valence-electron chi connectivity index (χ0n) is 20.4. The maximum absolute atomic E-state index is 11.3. The lowest BCUT2D eigenvalue weighted by molar-refractivity contribution is -0.121. The molecule has 0 radical (unpaired) electrons. The maximum Gasteiger partial charge on any atom is 0.240 e. The first-order valence-corrected chi connectivity index (χ1v) is 12.2. The molecule has 2 aromatic carbocycles. The number of hydrazone groups is 1. The van der Waals surface area contributed by atoms with E-state index in [0.717, 1.165) is 73.7 Å². The van der Waals surface area contributed by atoms with Crippen LogP contribution in [0.3, 0.4) is 0 Å². The Morgan fingerprint density at radius 3 is 2.47 bits per heavy atom. The van der Waals surface area contributed by atoms with Gasteiger partial charge < -0.3 is 19.5 Å². The minimum Gasteiger partial charge on any atom is -0.494 e. The number of amides is 1. The van der Waals surface area contributed by atoms with E-state index in [9.17, 15) is 4.79 Å². The van der Waals surface area contributed by atoms with Crippen LogP contribution in [-0.4, -0.2) is 51.6 Å². The van der Waals surface area contributed by atoms with Gasteiger partial charge in [-0.05, 0) is 92.7 Å². The standard InChI is InChI=1S/C27H37N3O4/c1-21-20-23(25-11-13-27(31)30-29-25)8-12-26(21)34-17-4-3-15-28-16-5-18-33-24-9-6-22(7-10-24)14-19-32-2/h6-10,12,20,28H,3-5,11,13-19H2,1-2H3,(H,30,31). The zero-order valence-corrected chi connectivity index (χ0v) is 20.4. The number of aryl methyl sites for hydroxylation is 1. The van der Waals surface area contributed by atoms with Crippen LogP contribution in [0.25, 0.3) is 0 Å². The molecule has 0 aliphatic carbocycles. The Hall–Kier alpha value is -2.90. The number of nitrogens with zero attached hydrogens (tertiary/aromatic N) is 1. The molecule has 3 rings (SSSR count). The summed E-state index contributed by atoms with van der Waals surface area (Å²) < 4.78 is 16.9. The Labute approximate surface area is 202 Å². The van der Waals surface area contributed by atoms with Crippen molar-refractivity contribution in [3.05, 3.63) is 59.2 Å². The number of carbonyl (C=O) groups excluding carboxylic acids is 1. The van der Waals surface area contributed by atoms with Crippen molar-refractivity contribution in [2.45, 2.75) is 45.4 Å². The van der Waals surface area contributed by atoms with Crippen molar-refractivity contribution in [1.29, 1.82) is 0 Å². The van der Waals surface area contributed by atoms with E-state index in [1.807, 2.05) is 31.2 Å². The van der Waals surface area contributed by atoms with Gasteiger partial charge in [-0.15, -0.1) is 0 Å². The van der Waals surface area contributed by atoms with E-state index in [1.165, 1.54) is 5.56 Å². The van der Waals surface area contributed by atoms with Gasteiger partial charge >= 0.3 is 0 Å². The fraction of sp³-hybridized carbons (Fsp3) is 0.481. The molecule has 7 heteroatoms. The molecular weight excluding hydrogens is 430 g/mol. The number of methoxy groups -OCH3 is 1. The minimum atomic E-state index is -0.0249. The fourth-order valence-corrected chi connectivity index (χ4v) is 3.69. The molecule has 34 heavy (non-hydrogen) atoms. The number of hydrogen-bond donors (Lipinski definition) is 2. The Kier molecular flexibility index (Phi) is 10.9. The summed E-state index contributed by atoms with van der Waals surface area (Å²) in [7, 11) is 1.72. The van der Waals surface area contributed by atoms with E-state index < -0.39 is 0 Å². The molecule has 0 saturated carbocycles. The van der Waals surface area contributed by atoms with Gasteiger partial charge in [-0.3, -0.25) is 4.79 Å². The third-order valence-corrected chi connectivity index (χ3v) is 5.70. The summed E-state index contributed by atoms with van der Waals surface area (Å²) in [6.07, 6.45) is 5.13. The minimum absolute atomic E-state index is 0.0249. The Morgan fingerprint density at radius 1 is 0.941 bits per heavy atom. The third kappa shape index (κ3) is 8.80. The highest BCUT2D eigenvalue weighted by molar-refractivity contribution is 6.04. The lowest BCUT2D eigenvalue weighted by Gasteiger charge is -2.14. The second-order valence-corrected chi connectivity index (χ2v) is 8.47. The molecule has 1 heterocycles. The van der Waals surface area contributed by atoms with Gasteiger partial charge in [0.05, 0.1) is 25.5 Å². The van der Waals surface area contributed by atoms with Gasteiger partial charge in [0.2, 0.25) is 5.91 Å². The van der Waals surface area contributed by atoms with Crippen LogP contribution in [0.2, 0.25) is 0 Å². The van der Waals surface area contributed by atoms with Gasteiger partial charge in [-0.25, -0.2) is 5.43 Å². The van der Waals surface area contributed by atoms with E-state index in [0.29, 0.717) is 26.1 Å². The average Bonchev–Trinajstić information content (AvgIpc) is 2.86. The zero-order chi connectivity index (χ0) is 24.0. The summed E-state index contributed by atoms with van der Waals surface area (Å²) >= 11 is 0. The first-order valence-electron chi connectivity index (χ1n) is 12.2. The molecule has 0 unspecified atom stereocenters. The van der Waals surface area contributed by atoms with Crippen LogP contribution in [0.1, 0.15) is 48.8 Å². The second kappa shape index (κ2) is 14.4. The van der Waals surface area contributed by atoms with Crippen molar-refractivity contribution in [3.8, 4) is 11.5 Å². The summed E-state index contributed by atoms with van der Waals surface area (Å²) in [5.74, 6) is 1.80. The summed E-state index contributed by atoms with van der Waals surface area (Å²) in [4.78, 5) is 11.3. The SMILES string of the molecule is COCCc1ccc(OCCCNCCCCOc2ccc(C3=NNC(=O)CC3)cc2C)cc1. The van der Waals surface area contributed by atoms with Gasteiger partial charge in [0.15, 0.2) is 0 Å². The third-order valence-electron chi connectivity index (χ3n) is 5.70. The van der Waals surface area contributed by atoms with Crippen LogP contribution in [-0.2, 0) is 16.0 Å². The van der Waals surface area contributed by atoms with E-state index >= 15 is 0 Å². The summed E-state index contributed by atoms with van der Waals surface area (Å²) in [6, 6.07) is 14.3. The highest BCUT2D eigenvalue weighted by Crippen LogP contribution is 2.21. The molecule has 0 atom stereocenters. The summed E-state index contributed by atoms with van der Waals surface area (Å²) in [5.41, 5.74) is 6.85. The van der Waals surface area contributed by atoms with Crippen LogP contribution >= 0.6 is 0 Å². The predicted molar refractivity (Wildman–Crippen MR) is 135 cm³/mol.